The van der Waals surface area contributed by atoms with E-state index in [-0.39, 0.29) is 5.97 Å². The van der Waals surface area contributed by atoms with Crippen LogP contribution in [0.5, 0.6) is 5.75 Å². The lowest BCUT2D eigenvalue weighted by atomic mass is 10.1. The number of methoxy groups -OCH3 is 1. The van der Waals surface area contributed by atoms with Crippen molar-refractivity contribution in [1.29, 1.82) is 0 Å². The first-order chi connectivity index (χ1) is 12.2. The van der Waals surface area contributed by atoms with Gasteiger partial charge in [-0.15, -0.1) is 11.3 Å². The second-order valence-electron chi connectivity index (χ2n) is 5.64. The van der Waals surface area contributed by atoms with Crippen molar-refractivity contribution in [1.82, 2.24) is 4.98 Å². The molecule has 4 nitrogen and oxygen atoms in total. The topological polar surface area (TPSA) is 48.4 Å². The summed E-state index contributed by atoms with van der Waals surface area (Å²) in [4.78, 5) is 16.5. The van der Waals surface area contributed by atoms with Gasteiger partial charge in [0.15, 0.2) is 5.69 Å². The van der Waals surface area contributed by atoms with Crippen LogP contribution in [0.25, 0.3) is 10.6 Å². The molecule has 25 heavy (non-hydrogen) atoms. The van der Waals surface area contributed by atoms with Gasteiger partial charge in [0.05, 0.1) is 13.7 Å². The van der Waals surface area contributed by atoms with E-state index in [4.69, 9.17) is 9.47 Å². The summed E-state index contributed by atoms with van der Waals surface area (Å²) in [6.07, 6.45) is 0.657. The molecule has 1 aromatic heterocycles. The van der Waals surface area contributed by atoms with Gasteiger partial charge in [0.2, 0.25) is 0 Å². The smallest absolute Gasteiger partial charge is 0.357 e. The second kappa shape index (κ2) is 7.94. The van der Waals surface area contributed by atoms with Gasteiger partial charge < -0.3 is 9.47 Å². The first kappa shape index (κ1) is 17.2. The highest BCUT2D eigenvalue weighted by atomic mass is 32.1. The first-order valence-corrected chi connectivity index (χ1v) is 8.86. The maximum absolute atomic E-state index is 12.1. The highest BCUT2D eigenvalue weighted by Gasteiger charge is 2.13. The number of aromatic nitrogens is 1. The van der Waals surface area contributed by atoms with Gasteiger partial charge in [0.25, 0.3) is 0 Å². The number of benzene rings is 2. The lowest BCUT2D eigenvalue weighted by Crippen LogP contribution is -2.08. The molecule has 0 saturated carbocycles. The summed E-state index contributed by atoms with van der Waals surface area (Å²) in [5.41, 5.74) is 3.65. The maximum atomic E-state index is 12.1. The minimum atomic E-state index is -0.386. The monoisotopic (exact) mass is 353 g/mol. The average Bonchev–Trinajstić information content (AvgIpc) is 3.13. The standard InChI is InChI=1S/C20H19NO3S/c1-14-3-7-16(8-4-14)19-21-18(13-25-19)20(22)24-12-11-15-5-9-17(23-2)10-6-15/h3-10,13H,11-12H2,1-2H3. The Morgan fingerprint density at radius 1 is 1.08 bits per heavy atom. The predicted molar refractivity (Wildman–Crippen MR) is 99.3 cm³/mol. The first-order valence-electron chi connectivity index (χ1n) is 7.98. The van der Waals surface area contributed by atoms with Crippen LogP contribution in [0.2, 0.25) is 0 Å². The molecule has 128 valence electrons. The average molecular weight is 353 g/mol. The molecule has 0 amide bonds. The van der Waals surface area contributed by atoms with Crippen molar-refractivity contribution in [3.05, 3.63) is 70.7 Å². The second-order valence-corrected chi connectivity index (χ2v) is 6.50. The molecular weight excluding hydrogens is 334 g/mol. The van der Waals surface area contributed by atoms with Crippen LogP contribution in [0.1, 0.15) is 21.6 Å². The molecule has 0 N–H and O–H groups in total. The van der Waals surface area contributed by atoms with Gasteiger partial charge in [-0.3, -0.25) is 0 Å². The van der Waals surface area contributed by atoms with Gasteiger partial charge in [-0.2, -0.15) is 0 Å². The van der Waals surface area contributed by atoms with Crippen LogP contribution in [0.4, 0.5) is 0 Å². The molecule has 0 saturated heterocycles. The van der Waals surface area contributed by atoms with Gasteiger partial charge in [0, 0.05) is 17.4 Å². The summed E-state index contributed by atoms with van der Waals surface area (Å²) in [6, 6.07) is 15.8. The molecule has 0 aliphatic rings. The summed E-state index contributed by atoms with van der Waals surface area (Å²) in [5.74, 6) is 0.426. The number of thiazole rings is 1. The van der Waals surface area contributed by atoms with Crippen LogP contribution in [0.3, 0.4) is 0 Å². The van der Waals surface area contributed by atoms with Gasteiger partial charge in [-0.1, -0.05) is 42.0 Å². The van der Waals surface area contributed by atoms with Crippen LogP contribution >= 0.6 is 11.3 Å². The van der Waals surface area contributed by atoms with E-state index >= 15 is 0 Å². The van der Waals surface area contributed by atoms with E-state index in [1.807, 2.05) is 55.5 Å². The summed E-state index contributed by atoms with van der Waals surface area (Å²) in [7, 11) is 1.63. The molecule has 0 aliphatic heterocycles. The van der Waals surface area contributed by atoms with Crippen LogP contribution in [0, 0.1) is 6.92 Å². The van der Waals surface area contributed by atoms with E-state index < -0.39 is 0 Å². The van der Waals surface area contributed by atoms with Crippen molar-refractivity contribution in [2.24, 2.45) is 0 Å². The Hall–Kier alpha value is -2.66. The van der Waals surface area contributed by atoms with E-state index in [0.717, 1.165) is 21.9 Å². The molecule has 5 heteroatoms. The van der Waals surface area contributed by atoms with Gasteiger partial charge >= 0.3 is 5.97 Å². The quantitative estimate of drug-likeness (QED) is 0.611. The SMILES string of the molecule is COc1ccc(CCOC(=O)c2csc(-c3ccc(C)cc3)n2)cc1. The number of hydrogen-bond donors (Lipinski definition) is 0. The van der Waals surface area contributed by atoms with Gasteiger partial charge in [-0.05, 0) is 24.6 Å². The molecule has 1 heterocycles. The fraction of sp³-hybridized carbons (Fsp3) is 0.200. The summed E-state index contributed by atoms with van der Waals surface area (Å²) in [5, 5.41) is 2.56. The van der Waals surface area contributed by atoms with E-state index in [2.05, 4.69) is 4.98 Å². The number of hydrogen-bond acceptors (Lipinski definition) is 5. The molecule has 2 aromatic carbocycles. The Labute approximate surface area is 151 Å². The molecule has 0 fully saturated rings. The third kappa shape index (κ3) is 4.45. The zero-order chi connectivity index (χ0) is 17.6. The van der Waals surface area contributed by atoms with Crippen LogP contribution < -0.4 is 4.74 Å². The molecule has 0 radical (unpaired) electrons. The van der Waals surface area contributed by atoms with Crippen molar-refractivity contribution in [2.45, 2.75) is 13.3 Å². The lowest BCUT2D eigenvalue weighted by molar-refractivity contribution is 0.0503. The highest BCUT2D eigenvalue weighted by Crippen LogP contribution is 2.24. The zero-order valence-electron chi connectivity index (χ0n) is 14.2. The molecule has 0 unspecified atom stereocenters. The molecule has 3 aromatic rings. The Morgan fingerprint density at radius 2 is 1.80 bits per heavy atom. The number of nitrogens with zero attached hydrogens (tertiary/aromatic N) is 1. The van der Waals surface area contributed by atoms with Crippen LogP contribution in [-0.4, -0.2) is 24.7 Å². The minimum absolute atomic E-state index is 0.322. The van der Waals surface area contributed by atoms with Crippen LogP contribution in [-0.2, 0) is 11.2 Å². The molecule has 0 bridgehead atoms. The van der Waals surface area contributed by atoms with Crippen molar-refractivity contribution >= 4 is 17.3 Å². The number of esters is 1. The third-order valence-electron chi connectivity index (χ3n) is 3.79. The lowest BCUT2D eigenvalue weighted by Gasteiger charge is -2.04. The summed E-state index contributed by atoms with van der Waals surface area (Å²) < 4.78 is 10.5. The molecule has 3 rings (SSSR count). The zero-order valence-corrected chi connectivity index (χ0v) is 15.0. The van der Waals surface area contributed by atoms with E-state index in [9.17, 15) is 4.79 Å². The number of aryl methyl sites for hydroxylation is 1. The Bertz CT molecular complexity index is 838. The largest absolute Gasteiger partial charge is 0.497 e. The van der Waals surface area contributed by atoms with Crippen molar-refractivity contribution < 1.29 is 14.3 Å². The van der Waals surface area contributed by atoms with Crippen molar-refractivity contribution in [3.63, 3.8) is 0 Å². The third-order valence-corrected chi connectivity index (χ3v) is 4.69. The van der Waals surface area contributed by atoms with E-state index in [0.29, 0.717) is 18.7 Å². The number of carbonyl (C=O) groups excluding carboxylic acids is 1. The fourth-order valence-corrected chi connectivity index (χ4v) is 3.12. The fourth-order valence-electron chi connectivity index (χ4n) is 2.32. The molecule has 0 aliphatic carbocycles. The van der Waals surface area contributed by atoms with E-state index in [1.54, 1.807) is 12.5 Å². The maximum Gasteiger partial charge on any atom is 0.357 e. The van der Waals surface area contributed by atoms with Gasteiger partial charge in [-0.25, -0.2) is 9.78 Å². The Balaban J connectivity index is 1.55. The van der Waals surface area contributed by atoms with Crippen molar-refractivity contribution in [2.75, 3.05) is 13.7 Å². The summed E-state index contributed by atoms with van der Waals surface area (Å²) >= 11 is 1.44. The predicted octanol–water partition coefficient (Wildman–Crippen LogP) is 4.53. The van der Waals surface area contributed by atoms with Gasteiger partial charge in [0.1, 0.15) is 10.8 Å². The number of ether oxygens (including phenoxy) is 2. The molecular formula is C20H19NO3S. The normalized spacial score (nSPS) is 10.5. The van der Waals surface area contributed by atoms with Crippen molar-refractivity contribution in [3.8, 4) is 16.3 Å². The minimum Gasteiger partial charge on any atom is -0.497 e. The highest BCUT2D eigenvalue weighted by molar-refractivity contribution is 7.13. The number of rotatable bonds is 6. The summed E-state index contributed by atoms with van der Waals surface area (Å²) in [6.45, 7) is 2.36. The Morgan fingerprint density at radius 3 is 2.48 bits per heavy atom. The molecule has 0 atom stereocenters. The van der Waals surface area contributed by atoms with E-state index in [1.165, 1.54) is 16.9 Å². The number of carbonyl (C=O) groups is 1. The Kier molecular flexibility index (Phi) is 5.46. The van der Waals surface area contributed by atoms with Crippen LogP contribution in [0.15, 0.2) is 53.9 Å². The molecule has 0 spiro atoms.